The number of aliphatic hydroxyl groups is 1. The smallest absolute Gasteiger partial charge is 0.0621 e. The summed E-state index contributed by atoms with van der Waals surface area (Å²) in [7, 11) is 0. The average Bonchev–Trinajstić information content (AvgIpc) is 2.67. The highest BCUT2D eigenvalue weighted by molar-refractivity contribution is 4.91. The summed E-state index contributed by atoms with van der Waals surface area (Å²) in [5.41, 5.74) is 0.00659. The molecule has 1 saturated carbocycles. The largest absolute Gasteiger partial charge is 0.394 e. The molecule has 1 rings (SSSR count). The molecule has 0 aromatic heterocycles. The highest BCUT2D eigenvalue weighted by atomic mass is 16.3. The van der Waals surface area contributed by atoms with E-state index < -0.39 is 0 Å². The second kappa shape index (κ2) is 6.00. The summed E-state index contributed by atoms with van der Waals surface area (Å²) in [5.74, 6) is 0. The number of nitrogens with zero attached hydrogens (tertiary/aromatic N) is 1. The molecule has 1 fully saturated rings. The van der Waals surface area contributed by atoms with E-state index >= 15 is 0 Å². The van der Waals surface area contributed by atoms with Gasteiger partial charge in [0.15, 0.2) is 0 Å². The minimum atomic E-state index is 0.00659. The van der Waals surface area contributed by atoms with Crippen molar-refractivity contribution in [3.8, 4) is 6.07 Å². The van der Waals surface area contributed by atoms with Crippen LogP contribution in [0.4, 0.5) is 0 Å². The van der Waals surface area contributed by atoms with E-state index in [2.05, 4.69) is 11.4 Å². The lowest BCUT2D eigenvalue weighted by atomic mass is 9.99. The van der Waals surface area contributed by atoms with Gasteiger partial charge in [-0.3, -0.25) is 0 Å². The Balaban J connectivity index is 2.12. The summed E-state index contributed by atoms with van der Waals surface area (Å²) in [6.07, 6.45) is 7.30. The van der Waals surface area contributed by atoms with E-state index in [1.54, 1.807) is 0 Å². The molecule has 0 bridgehead atoms. The van der Waals surface area contributed by atoms with Gasteiger partial charge >= 0.3 is 0 Å². The Labute approximate surface area is 86.1 Å². The van der Waals surface area contributed by atoms with Gasteiger partial charge in [-0.05, 0) is 32.2 Å². The molecular formula is C11H20N2O. The number of hydrogen-bond donors (Lipinski definition) is 2. The summed E-state index contributed by atoms with van der Waals surface area (Å²) in [6, 6.07) is 2.14. The first-order valence-electron chi connectivity index (χ1n) is 5.56. The van der Waals surface area contributed by atoms with Crippen LogP contribution in [0.3, 0.4) is 0 Å². The maximum Gasteiger partial charge on any atom is 0.0621 e. The molecule has 0 unspecified atom stereocenters. The summed E-state index contributed by atoms with van der Waals surface area (Å²) in [6.45, 7) is 1.19. The monoisotopic (exact) mass is 196 g/mol. The van der Waals surface area contributed by atoms with Gasteiger partial charge in [0.1, 0.15) is 0 Å². The van der Waals surface area contributed by atoms with Crippen LogP contribution in [0, 0.1) is 11.3 Å². The third kappa shape index (κ3) is 3.28. The van der Waals surface area contributed by atoms with Gasteiger partial charge in [-0.15, -0.1) is 0 Å². The van der Waals surface area contributed by atoms with E-state index in [1.165, 1.54) is 12.8 Å². The molecule has 1 aliphatic carbocycles. The fourth-order valence-corrected chi connectivity index (χ4v) is 2.13. The van der Waals surface area contributed by atoms with Crippen LogP contribution in [-0.2, 0) is 0 Å². The minimum Gasteiger partial charge on any atom is -0.394 e. The number of unbranched alkanes of at least 4 members (excludes halogenated alkanes) is 2. The highest BCUT2D eigenvalue weighted by Crippen LogP contribution is 2.28. The first-order valence-corrected chi connectivity index (χ1v) is 5.56. The molecule has 0 aliphatic heterocycles. The van der Waals surface area contributed by atoms with Crippen molar-refractivity contribution < 1.29 is 5.11 Å². The summed E-state index contributed by atoms with van der Waals surface area (Å²) in [5, 5.41) is 21.1. The van der Waals surface area contributed by atoms with Crippen LogP contribution in [0.2, 0.25) is 0 Å². The SMILES string of the molecule is N#CCCCCNC1(CO)CCCC1. The summed E-state index contributed by atoms with van der Waals surface area (Å²) < 4.78 is 0. The van der Waals surface area contributed by atoms with Crippen molar-refractivity contribution in [1.29, 1.82) is 5.26 Å². The van der Waals surface area contributed by atoms with Crippen LogP contribution in [-0.4, -0.2) is 23.8 Å². The third-order valence-electron chi connectivity index (χ3n) is 3.08. The second-order valence-corrected chi connectivity index (χ2v) is 4.19. The van der Waals surface area contributed by atoms with Crippen molar-refractivity contribution in [3.63, 3.8) is 0 Å². The van der Waals surface area contributed by atoms with E-state index in [1.807, 2.05) is 0 Å². The molecule has 0 radical (unpaired) electrons. The zero-order valence-corrected chi connectivity index (χ0v) is 8.76. The van der Waals surface area contributed by atoms with Crippen LogP contribution < -0.4 is 5.32 Å². The summed E-state index contributed by atoms with van der Waals surface area (Å²) in [4.78, 5) is 0. The summed E-state index contributed by atoms with van der Waals surface area (Å²) >= 11 is 0. The van der Waals surface area contributed by atoms with Crippen LogP contribution in [0.25, 0.3) is 0 Å². The van der Waals surface area contributed by atoms with Crippen molar-refractivity contribution in [3.05, 3.63) is 0 Å². The minimum absolute atomic E-state index is 0.00659. The lowest BCUT2D eigenvalue weighted by Gasteiger charge is -2.28. The van der Waals surface area contributed by atoms with Gasteiger partial charge < -0.3 is 10.4 Å². The van der Waals surface area contributed by atoms with Crippen molar-refractivity contribution in [1.82, 2.24) is 5.32 Å². The molecule has 0 saturated heterocycles. The Morgan fingerprint density at radius 2 is 2.00 bits per heavy atom. The fraction of sp³-hybridized carbons (Fsp3) is 0.909. The Morgan fingerprint density at radius 3 is 2.57 bits per heavy atom. The van der Waals surface area contributed by atoms with Gasteiger partial charge in [0.05, 0.1) is 12.7 Å². The van der Waals surface area contributed by atoms with Crippen LogP contribution in [0.1, 0.15) is 44.9 Å². The Hall–Kier alpha value is -0.590. The van der Waals surface area contributed by atoms with Crippen LogP contribution >= 0.6 is 0 Å². The van der Waals surface area contributed by atoms with Crippen molar-refractivity contribution >= 4 is 0 Å². The van der Waals surface area contributed by atoms with Crippen LogP contribution in [0.15, 0.2) is 0 Å². The number of rotatable bonds is 6. The molecule has 0 aromatic rings. The molecule has 2 N–H and O–H groups in total. The Kier molecular flexibility index (Phi) is 4.92. The van der Waals surface area contributed by atoms with Gasteiger partial charge in [0, 0.05) is 12.0 Å². The highest BCUT2D eigenvalue weighted by Gasteiger charge is 2.31. The molecule has 1 aliphatic rings. The zero-order valence-electron chi connectivity index (χ0n) is 8.76. The van der Waals surface area contributed by atoms with Gasteiger partial charge in [-0.2, -0.15) is 5.26 Å². The normalized spacial score (nSPS) is 19.4. The van der Waals surface area contributed by atoms with Crippen molar-refractivity contribution in [2.24, 2.45) is 0 Å². The lowest BCUT2D eigenvalue weighted by molar-refractivity contribution is 0.164. The number of aliphatic hydroxyl groups excluding tert-OH is 1. The first-order chi connectivity index (χ1) is 6.83. The second-order valence-electron chi connectivity index (χ2n) is 4.19. The zero-order chi connectivity index (χ0) is 10.3. The van der Waals surface area contributed by atoms with E-state index in [9.17, 15) is 5.11 Å². The maximum absolute atomic E-state index is 9.30. The molecule has 0 heterocycles. The fourth-order valence-electron chi connectivity index (χ4n) is 2.13. The molecule has 14 heavy (non-hydrogen) atoms. The number of nitrogens with one attached hydrogen (secondary N) is 1. The average molecular weight is 196 g/mol. The molecule has 0 spiro atoms. The Bertz CT molecular complexity index is 192. The van der Waals surface area contributed by atoms with E-state index in [-0.39, 0.29) is 12.1 Å². The molecule has 80 valence electrons. The van der Waals surface area contributed by atoms with E-state index in [4.69, 9.17) is 5.26 Å². The van der Waals surface area contributed by atoms with E-state index in [0.717, 1.165) is 32.2 Å². The molecule has 3 nitrogen and oxygen atoms in total. The number of nitriles is 1. The molecular weight excluding hydrogens is 176 g/mol. The van der Waals surface area contributed by atoms with Gasteiger partial charge in [0.25, 0.3) is 0 Å². The lowest BCUT2D eigenvalue weighted by Crippen LogP contribution is -2.46. The number of hydrogen-bond acceptors (Lipinski definition) is 3. The third-order valence-corrected chi connectivity index (χ3v) is 3.08. The Morgan fingerprint density at radius 1 is 1.29 bits per heavy atom. The predicted molar refractivity (Wildman–Crippen MR) is 55.8 cm³/mol. The van der Waals surface area contributed by atoms with Crippen molar-refractivity contribution in [2.45, 2.75) is 50.5 Å². The predicted octanol–water partition coefficient (Wildman–Crippen LogP) is 1.57. The molecule has 0 aromatic carbocycles. The van der Waals surface area contributed by atoms with Crippen LogP contribution in [0.5, 0.6) is 0 Å². The topological polar surface area (TPSA) is 56.0 Å². The molecule has 0 atom stereocenters. The van der Waals surface area contributed by atoms with Gasteiger partial charge in [-0.25, -0.2) is 0 Å². The quantitative estimate of drug-likeness (QED) is 0.634. The van der Waals surface area contributed by atoms with E-state index in [0.29, 0.717) is 6.42 Å². The van der Waals surface area contributed by atoms with Gasteiger partial charge in [0.2, 0.25) is 0 Å². The first kappa shape index (κ1) is 11.5. The standard InChI is InChI=1S/C11H20N2O/c12-8-4-1-5-9-13-11(10-14)6-2-3-7-11/h13-14H,1-7,9-10H2. The molecule has 0 amide bonds. The van der Waals surface area contributed by atoms with Crippen molar-refractivity contribution in [2.75, 3.05) is 13.2 Å². The molecule has 3 heteroatoms. The van der Waals surface area contributed by atoms with Gasteiger partial charge in [-0.1, -0.05) is 12.8 Å². The maximum atomic E-state index is 9.30.